The number of carbonyl (C=O) groups is 2. The minimum Gasteiger partial charge on any atom is -0.481 e. The van der Waals surface area contributed by atoms with Crippen LogP contribution in [-0.4, -0.2) is 44.8 Å². The summed E-state index contributed by atoms with van der Waals surface area (Å²) in [5.74, 6) is -0.756. The third kappa shape index (κ3) is 2.52. The van der Waals surface area contributed by atoms with E-state index in [2.05, 4.69) is 5.10 Å². The van der Waals surface area contributed by atoms with Crippen molar-refractivity contribution in [3.8, 4) is 5.69 Å². The van der Waals surface area contributed by atoms with Crippen molar-refractivity contribution in [3.63, 3.8) is 0 Å². The first-order valence-corrected chi connectivity index (χ1v) is 9.07. The summed E-state index contributed by atoms with van der Waals surface area (Å²) in [5.41, 5.74) is 2.75. The van der Waals surface area contributed by atoms with Crippen LogP contribution >= 0.6 is 0 Å². The van der Waals surface area contributed by atoms with Crippen molar-refractivity contribution in [3.05, 3.63) is 47.3 Å². The van der Waals surface area contributed by atoms with Crippen molar-refractivity contribution in [2.75, 3.05) is 13.1 Å². The summed E-state index contributed by atoms with van der Waals surface area (Å²) >= 11 is 0. The number of likely N-dealkylation sites (tertiary alicyclic amines) is 1. The van der Waals surface area contributed by atoms with Crippen LogP contribution in [0.3, 0.4) is 0 Å². The molecule has 1 aromatic heterocycles. The number of hydrogen-bond donors (Lipinski definition) is 1. The average Bonchev–Trinajstić information content (AvgIpc) is 3.26. The number of amides is 1. The molecule has 0 unspecified atom stereocenters. The van der Waals surface area contributed by atoms with Crippen LogP contribution in [0.15, 0.2) is 30.3 Å². The Bertz CT molecular complexity index is 871. The summed E-state index contributed by atoms with van der Waals surface area (Å²) < 4.78 is 1.85. The first-order chi connectivity index (χ1) is 12.4. The van der Waals surface area contributed by atoms with E-state index in [1.165, 1.54) is 0 Å². The van der Waals surface area contributed by atoms with Gasteiger partial charge in [-0.2, -0.15) is 5.10 Å². The Morgan fingerprint density at radius 1 is 1.23 bits per heavy atom. The van der Waals surface area contributed by atoms with Gasteiger partial charge in [0.15, 0.2) is 0 Å². The summed E-state index contributed by atoms with van der Waals surface area (Å²) in [6.07, 6.45) is 2.51. The second-order valence-corrected chi connectivity index (χ2v) is 7.62. The molecule has 4 rings (SSSR count). The fourth-order valence-corrected chi connectivity index (χ4v) is 4.61. The standard InChI is InChI=1S/C20H23N3O3/c1-13-10-14(2)23(21-13)17-7-5-15(6-8-17)18(24)22-11-16-4-3-9-20(16,12-22)19(25)26/h5-8,10,16H,3-4,9,11-12H2,1-2H3,(H,25,26)/t16-,20+/m0/s1. The molecule has 0 radical (unpaired) electrons. The number of carboxylic acids is 1. The second-order valence-electron chi connectivity index (χ2n) is 7.62. The number of aromatic nitrogens is 2. The Balaban J connectivity index is 1.54. The lowest BCUT2D eigenvalue weighted by atomic mass is 9.81. The van der Waals surface area contributed by atoms with Crippen molar-refractivity contribution in [2.45, 2.75) is 33.1 Å². The molecule has 26 heavy (non-hydrogen) atoms. The molecule has 1 aliphatic carbocycles. The predicted octanol–water partition coefficient (Wildman–Crippen LogP) is 2.82. The van der Waals surface area contributed by atoms with Crippen LogP contribution in [0.2, 0.25) is 0 Å². The second kappa shape index (κ2) is 5.97. The normalized spacial score (nSPS) is 24.7. The number of hydrogen-bond acceptors (Lipinski definition) is 3. The first kappa shape index (κ1) is 16.8. The highest BCUT2D eigenvalue weighted by Gasteiger charge is 2.55. The topological polar surface area (TPSA) is 75.4 Å². The molecule has 1 amide bonds. The summed E-state index contributed by atoms with van der Waals surface area (Å²) in [6, 6.07) is 9.38. The zero-order valence-electron chi connectivity index (χ0n) is 15.1. The average molecular weight is 353 g/mol. The Hall–Kier alpha value is -2.63. The third-order valence-electron chi connectivity index (χ3n) is 5.95. The lowest BCUT2D eigenvalue weighted by Gasteiger charge is -2.23. The Morgan fingerprint density at radius 2 is 1.96 bits per heavy atom. The largest absolute Gasteiger partial charge is 0.481 e. The monoisotopic (exact) mass is 353 g/mol. The maximum absolute atomic E-state index is 12.9. The van der Waals surface area contributed by atoms with Crippen LogP contribution in [-0.2, 0) is 4.79 Å². The number of aliphatic carboxylic acids is 1. The minimum absolute atomic E-state index is 0.0814. The van der Waals surface area contributed by atoms with E-state index in [4.69, 9.17) is 0 Å². The molecule has 2 fully saturated rings. The van der Waals surface area contributed by atoms with Crippen molar-refractivity contribution in [1.82, 2.24) is 14.7 Å². The Labute approximate surface area is 152 Å². The van der Waals surface area contributed by atoms with Gasteiger partial charge in [-0.1, -0.05) is 6.42 Å². The van der Waals surface area contributed by atoms with Gasteiger partial charge in [-0.25, -0.2) is 4.68 Å². The molecular formula is C20H23N3O3. The van der Waals surface area contributed by atoms with Gasteiger partial charge in [0.05, 0.1) is 16.8 Å². The van der Waals surface area contributed by atoms with E-state index in [1.54, 1.807) is 17.0 Å². The molecule has 2 aliphatic rings. The van der Waals surface area contributed by atoms with Crippen molar-refractivity contribution in [2.24, 2.45) is 11.3 Å². The van der Waals surface area contributed by atoms with E-state index >= 15 is 0 Å². The van der Waals surface area contributed by atoms with E-state index < -0.39 is 11.4 Å². The number of rotatable bonds is 3. The molecule has 2 heterocycles. The number of benzene rings is 1. The molecule has 1 N–H and O–H groups in total. The highest BCUT2D eigenvalue weighted by molar-refractivity contribution is 5.95. The van der Waals surface area contributed by atoms with Gasteiger partial charge in [0, 0.05) is 24.3 Å². The summed E-state index contributed by atoms with van der Waals surface area (Å²) in [6.45, 7) is 4.81. The van der Waals surface area contributed by atoms with E-state index in [1.807, 2.05) is 36.7 Å². The Kier molecular flexibility index (Phi) is 3.86. The van der Waals surface area contributed by atoms with Gasteiger partial charge in [0.1, 0.15) is 0 Å². The molecule has 1 aromatic carbocycles. The van der Waals surface area contributed by atoms with Crippen LogP contribution in [0, 0.1) is 25.2 Å². The number of aryl methyl sites for hydroxylation is 2. The van der Waals surface area contributed by atoms with Crippen molar-refractivity contribution >= 4 is 11.9 Å². The van der Waals surface area contributed by atoms with Crippen LogP contribution in [0.5, 0.6) is 0 Å². The lowest BCUT2D eigenvalue weighted by Crippen LogP contribution is -2.37. The van der Waals surface area contributed by atoms with Gasteiger partial charge in [0.25, 0.3) is 5.91 Å². The zero-order chi connectivity index (χ0) is 18.5. The molecule has 0 spiro atoms. The molecule has 6 heteroatoms. The number of fused-ring (bicyclic) bond motifs is 1. The molecule has 6 nitrogen and oxygen atoms in total. The van der Waals surface area contributed by atoms with E-state index in [-0.39, 0.29) is 11.8 Å². The van der Waals surface area contributed by atoms with Crippen molar-refractivity contribution < 1.29 is 14.7 Å². The predicted molar refractivity (Wildman–Crippen MR) is 96.4 cm³/mol. The summed E-state index contributed by atoms with van der Waals surface area (Å²) in [4.78, 5) is 26.4. The first-order valence-electron chi connectivity index (χ1n) is 9.07. The molecule has 2 aromatic rings. The highest BCUT2D eigenvalue weighted by atomic mass is 16.4. The summed E-state index contributed by atoms with van der Waals surface area (Å²) in [7, 11) is 0. The lowest BCUT2D eigenvalue weighted by molar-refractivity contribution is -0.149. The van der Waals surface area contributed by atoms with Crippen LogP contribution < -0.4 is 0 Å². The molecule has 0 bridgehead atoms. The van der Waals surface area contributed by atoms with Crippen molar-refractivity contribution in [1.29, 1.82) is 0 Å². The molecule has 1 aliphatic heterocycles. The molecule has 2 atom stereocenters. The number of carboxylic acid groups (broad SMARTS) is 1. The van der Waals surface area contributed by atoms with Crippen LogP contribution in [0.25, 0.3) is 5.69 Å². The molecular weight excluding hydrogens is 330 g/mol. The summed E-state index contributed by atoms with van der Waals surface area (Å²) in [5, 5.41) is 14.1. The van der Waals surface area contributed by atoms with Gasteiger partial charge in [-0.05, 0) is 62.9 Å². The fourth-order valence-electron chi connectivity index (χ4n) is 4.61. The van der Waals surface area contributed by atoms with Gasteiger partial charge in [-0.3, -0.25) is 9.59 Å². The van der Waals surface area contributed by atoms with Gasteiger partial charge in [0.2, 0.25) is 0 Å². The van der Waals surface area contributed by atoms with E-state index in [9.17, 15) is 14.7 Å². The van der Waals surface area contributed by atoms with Crippen LogP contribution in [0.1, 0.15) is 41.0 Å². The maximum atomic E-state index is 12.9. The minimum atomic E-state index is -0.754. The molecule has 1 saturated heterocycles. The zero-order valence-corrected chi connectivity index (χ0v) is 15.1. The highest BCUT2D eigenvalue weighted by Crippen LogP contribution is 2.49. The van der Waals surface area contributed by atoms with Crippen LogP contribution in [0.4, 0.5) is 0 Å². The molecule has 136 valence electrons. The van der Waals surface area contributed by atoms with Gasteiger partial charge in [-0.15, -0.1) is 0 Å². The van der Waals surface area contributed by atoms with Gasteiger partial charge < -0.3 is 10.0 Å². The van der Waals surface area contributed by atoms with E-state index in [0.717, 1.165) is 29.9 Å². The smallest absolute Gasteiger partial charge is 0.311 e. The third-order valence-corrected chi connectivity index (χ3v) is 5.95. The fraction of sp³-hybridized carbons (Fsp3) is 0.450. The van der Waals surface area contributed by atoms with Gasteiger partial charge >= 0.3 is 5.97 Å². The SMILES string of the molecule is Cc1cc(C)n(-c2ccc(C(=O)N3C[C@@H]4CCC[C@@]4(C(=O)O)C3)cc2)n1. The quantitative estimate of drug-likeness (QED) is 0.921. The van der Waals surface area contributed by atoms with E-state index in [0.29, 0.717) is 25.1 Å². The number of nitrogens with zero attached hydrogens (tertiary/aromatic N) is 3. The Morgan fingerprint density at radius 3 is 2.54 bits per heavy atom. The number of carbonyl (C=O) groups excluding carboxylic acids is 1. The molecule has 1 saturated carbocycles. The maximum Gasteiger partial charge on any atom is 0.311 e.